The van der Waals surface area contributed by atoms with E-state index in [1.807, 2.05) is 12.1 Å². The summed E-state index contributed by atoms with van der Waals surface area (Å²) in [6, 6.07) is 8.77. The Bertz CT molecular complexity index is 1060. The zero-order chi connectivity index (χ0) is 22.4. The zero-order valence-corrected chi connectivity index (χ0v) is 18.9. The van der Waals surface area contributed by atoms with E-state index in [1.54, 1.807) is 12.1 Å². The smallest absolute Gasteiger partial charge is 0.336 e. The summed E-state index contributed by atoms with van der Waals surface area (Å²) < 4.78 is 17.2. The maximum atomic E-state index is 11.6. The number of benzene rings is 1. The molecule has 1 heterocycles. The van der Waals surface area contributed by atoms with E-state index in [1.165, 1.54) is 18.6 Å². The van der Waals surface area contributed by atoms with Gasteiger partial charge in [0.2, 0.25) is 0 Å². The molecule has 0 radical (unpaired) electrons. The van der Waals surface area contributed by atoms with Crippen molar-refractivity contribution in [1.29, 1.82) is 0 Å². The van der Waals surface area contributed by atoms with Crippen LogP contribution in [0.25, 0.3) is 11.0 Å². The van der Waals surface area contributed by atoms with E-state index in [0.29, 0.717) is 23.9 Å². The molecule has 0 spiro atoms. The third kappa shape index (κ3) is 3.90. The van der Waals surface area contributed by atoms with Gasteiger partial charge in [-0.15, -0.1) is 0 Å². The minimum atomic E-state index is -0.368. The molecule has 2 aliphatic rings. The van der Waals surface area contributed by atoms with Crippen LogP contribution < -0.4 is 10.4 Å². The number of fused-ring (bicyclic) bond motifs is 2. The van der Waals surface area contributed by atoms with Crippen LogP contribution in [0.5, 0.6) is 5.75 Å². The molecular formula is C26H32O5. The zero-order valence-electron chi connectivity index (χ0n) is 18.9. The van der Waals surface area contributed by atoms with Crippen LogP contribution in [0.15, 0.2) is 51.7 Å². The molecule has 0 N–H and O–H groups in total. The Morgan fingerprint density at radius 1 is 1.19 bits per heavy atom. The summed E-state index contributed by atoms with van der Waals surface area (Å²) in [5.41, 5.74) is 1.31. The van der Waals surface area contributed by atoms with Gasteiger partial charge in [-0.25, -0.2) is 4.79 Å². The molecule has 0 saturated heterocycles. The summed E-state index contributed by atoms with van der Waals surface area (Å²) >= 11 is 0. The Labute approximate surface area is 183 Å². The molecule has 4 rings (SSSR count). The number of carbonyl (C=O) groups is 1. The average Bonchev–Trinajstić information content (AvgIpc) is 2.69. The van der Waals surface area contributed by atoms with Crippen molar-refractivity contribution >= 4 is 16.9 Å². The van der Waals surface area contributed by atoms with Crippen LogP contribution in [-0.4, -0.2) is 18.7 Å². The first-order valence-corrected chi connectivity index (χ1v) is 11.1. The fourth-order valence-electron chi connectivity index (χ4n) is 6.18. The van der Waals surface area contributed by atoms with Gasteiger partial charge < -0.3 is 13.9 Å². The molecule has 1 unspecified atom stereocenters. The second-order valence-corrected chi connectivity index (χ2v) is 10.0. The molecular weight excluding hydrogens is 392 g/mol. The predicted molar refractivity (Wildman–Crippen MR) is 120 cm³/mol. The molecule has 166 valence electrons. The van der Waals surface area contributed by atoms with Crippen molar-refractivity contribution < 1.29 is 18.7 Å². The van der Waals surface area contributed by atoms with Crippen molar-refractivity contribution in [2.75, 3.05) is 6.61 Å². The molecule has 2 fully saturated rings. The molecule has 2 aliphatic carbocycles. The Hall–Kier alpha value is -2.56. The monoisotopic (exact) mass is 424 g/mol. The van der Waals surface area contributed by atoms with Gasteiger partial charge in [0.15, 0.2) is 0 Å². The van der Waals surface area contributed by atoms with Crippen LogP contribution in [0, 0.1) is 22.7 Å². The summed E-state index contributed by atoms with van der Waals surface area (Å²) in [6.45, 7) is 13.2. The van der Waals surface area contributed by atoms with Gasteiger partial charge in [-0.2, -0.15) is 0 Å². The van der Waals surface area contributed by atoms with E-state index >= 15 is 0 Å². The number of hydrogen-bond donors (Lipinski definition) is 0. The van der Waals surface area contributed by atoms with Gasteiger partial charge in [0, 0.05) is 35.8 Å². The largest absolute Gasteiger partial charge is 0.493 e. The quantitative estimate of drug-likeness (QED) is 0.368. The first-order valence-electron chi connectivity index (χ1n) is 11.1. The van der Waals surface area contributed by atoms with E-state index in [2.05, 4.69) is 27.4 Å². The lowest BCUT2D eigenvalue weighted by Crippen LogP contribution is -2.56. The molecule has 5 heteroatoms. The SMILES string of the molecule is C=C1CC[C@@H]2C(C)(C)C(OC(C)=O)CC[C@@]2(C)[C@@H]1COc1ccc2ccc(=O)oc2c1. The van der Waals surface area contributed by atoms with Gasteiger partial charge in [-0.05, 0) is 55.2 Å². The summed E-state index contributed by atoms with van der Waals surface area (Å²) in [4.78, 5) is 23.2. The minimum absolute atomic E-state index is 0.0267. The van der Waals surface area contributed by atoms with Gasteiger partial charge >= 0.3 is 11.6 Å². The summed E-state index contributed by atoms with van der Waals surface area (Å²) in [5, 5.41) is 0.867. The molecule has 1 aromatic heterocycles. The predicted octanol–water partition coefficient (Wildman–Crippen LogP) is 5.51. The molecule has 0 aliphatic heterocycles. The molecule has 2 saturated carbocycles. The Morgan fingerprint density at radius 2 is 1.94 bits per heavy atom. The van der Waals surface area contributed by atoms with Crippen LogP contribution in [0.4, 0.5) is 0 Å². The molecule has 1 aromatic carbocycles. The van der Waals surface area contributed by atoms with Gasteiger partial charge in [-0.1, -0.05) is 32.9 Å². The van der Waals surface area contributed by atoms with Crippen LogP contribution in [0.3, 0.4) is 0 Å². The fourth-order valence-corrected chi connectivity index (χ4v) is 6.18. The molecule has 0 amide bonds. The van der Waals surface area contributed by atoms with Crippen molar-refractivity contribution in [3.05, 3.63) is 52.9 Å². The second-order valence-electron chi connectivity index (χ2n) is 10.0. The topological polar surface area (TPSA) is 65.7 Å². The number of hydrogen-bond acceptors (Lipinski definition) is 5. The number of ether oxygens (including phenoxy) is 2. The van der Waals surface area contributed by atoms with Gasteiger partial charge in [0.05, 0.1) is 6.61 Å². The number of carbonyl (C=O) groups excluding carboxylic acids is 1. The summed E-state index contributed by atoms with van der Waals surface area (Å²) in [6.07, 6.45) is 3.78. The van der Waals surface area contributed by atoms with Gasteiger partial charge in [0.1, 0.15) is 17.4 Å². The van der Waals surface area contributed by atoms with Gasteiger partial charge in [0.25, 0.3) is 0 Å². The summed E-state index contributed by atoms with van der Waals surface area (Å²) in [7, 11) is 0. The van der Waals surface area contributed by atoms with E-state index in [4.69, 9.17) is 13.9 Å². The van der Waals surface area contributed by atoms with E-state index in [0.717, 1.165) is 31.1 Å². The maximum absolute atomic E-state index is 11.6. The standard InChI is InChI=1S/C26H32O5/c1-16-6-10-22-25(3,4)23(30-17(2)27)12-13-26(22,5)20(16)15-29-19-9-7-18-8-11-24(28)31-21(18)14-19/h7-9,11,14,20,22-23H,1,6,10,12-13,15H2,2-5H3/t20-,22-,23?,26+/m1/s1. The molecule has 4 atom stereocenters. The van der Waals surface area contributed by atoms with Gasteiger partial charge in [-0.3, -0.25) is 4.79 Å². The van der Waals surface area contributed by atoms with Crippen LogP contribution >= 0.6 is 0 Å². The van der Waals surface area contributed by atoms with Crippen molar-refractivity contribution in [2.24, 2.45) is 22.7 Å². The molecule has 5 nitrogen and oxygen atoms in total. The highest BCUT2D eigenvalue weighted by Gasteiger charge is 2.57. The summed E-state index contributed by atoms with van der Waals surface area (Å²) in [5.74, 6) is 1.10. The Morgan fingerprint density at radius 3 is 2.68 bits per heavy atom. The highest BCUT2D eigenvalue weighted by atomic mass is 16.5. The second kappa shape index (κ2) is 7.85. The minimum Gasteiger partial charge on any atom is -0.493 e. The van der Waals surface area contributed by atoms with E-state index in [9.17, 15) is 9.59 Å². The van der Waals surface area contributed by atoms with Crippen LogP contribution in [0.1, 0.15) is 53.4 Å². The number of esters is 1. The third-order valence-corrected chi connectivity index (χ3v) is 7.83. The highest BCUT2D eigenvalue weighted by molar-refractivity contribution is 5.77. The molecule has 31 heavy (non-hydrogen) atoms. The number of rotatable bonds is 4. The van der Waals surface area contributed by atoms with E-state index in [-0.39, 0.29) is 34.4 Å². The highest BCUT2D eigenvalue weighted by Crippen LogP contribution is 2.61. The lowest BCUT2D eigenvalue weighted by atomic mass is 9.47. The lowest BCUT2D eigenvalue weighted by molar-refractivity contribution is -0.175. The third-order valence-electron chi connectivity index (χ3n) is 7.83. The maximum Gasteiger partial charge on any atom is 0.336 e. The Balaban J connectivity index is 1.56. The van der Waals surface area contributed by atoms with Crippen molar-refractivity contribution in [2.45, 2.75) is 59.5 Å². The van der Waals surface area contributed by atoms with E-state index < -0.39 is 0 Å². The molecule has 0 bridgehead atoms. The van der Waals surface area contributed by atoms with Crippen molar-refractivity contribution in [3.8, 4) is 5.75 Å². The first kappa shape index (κ1) is 21.7. The van der Waals surface area contributed by atoms with Crippen molar-refractivity contribution in [3.63, 3.8) is 0 Å². The van der Waals surface area contributed by atoms with Crippen molar-refractivity contribution in [1.82, 2.24) is 0 Å². The average molecular weight is 425 g/mol. The first-order chi connectivity index (χ1) is 14.6. The van der Waals surface area contributed by atoms with Crippen LogP contribution in [-0.2, 0) is 9.53 Å². The fraction of sp³-hybridized carbons (Fsp3) is 0.538. The van der Waals surface area contributed by atoms with Crippen LogP contribution in [0.2, 0.25) is 0 Å². The Kier molecular flexibility index (Phi) is 5.48. The lowest BCUT2D eigenvalue weighted by Gasteiger charge is -2.59. The normalized spacial score (nSPS) is 29.9. The molecule has 2 aromatic rings.